The average molecular weight is 454 g/mol. The Hall–Kier alpha value is -3.53. The zero-order valence-electron chi connectivity index (χ0n) is 18.2. The van der Waals surface area contributed by atoms with E-state index in [0.29, 0.717) is 41.3 Å². The van der Waals surface area contributed by atoms with Gasteiger partial charge in [0.1, 0.15) is 17.2 Å². The largest absolute Gasteiger partial charge is 0.497 e. The topological polar surface area (TPSA) is 97.3 Å². The number of para-hydroxylation sites is 1. The molecule has 0 amide bonds. The van der Waals surface area contributed by atoms with Crippen LogP contribution >= 0.6 is 11.8 Å². The van der Waals surface area contributed by atoms with E-state index in [1.165, 1.54) is 11.8 Å². The molecule has 0 aliphatic rings. The van der Waals surface area contributed by atoms with E-state index in [9.17, 15) is 0 Å². The third kappa shape index (κ3) is 4.40. The van der Waals surface area contributed by atoms with E-state index in [-0.39, 0.29) is 0 Å². The fourth-order valence-electron chi connectivity index (χ4n) is 3.20. The Labute approximate surface area is 189 Å². The second-order valence-electron chi connectivity index (χ2n) is 6.64. The van der Waals surface area contributed by atoms with E-state index in [1.807, 2.05) is 54.0 Å². The molecule has 9 nitrogen and oxygen atoms in total. The third-order valence-corrected chi connectivity index (χ3v) is 5.72. The molecule has 0 unspecified atom stereocenters. The number of aromatic nitrogens is 5. The van der Waals surface area contributed by atoms with Gasteiger partial charge in [-0.05, 0) is 31.2 Å². The van der Waals surface area contributed by atoms with Gasteiger partial charge in [-0.25, -0.2) is 0 Å². The second-order valence-corrected chi connectivity index (χ2v) is 7.58. The van der Waals surface area contributed by atoms with Gasteiger partial charge in [-0.15, -0.1) is 20.4 Å². The van der Waals surface area contributed by atoms with Crippen LogP contribution in [0, 0.1) is 0 Å². The molecule has 0 atom stereocenters. The molecule has 0 aliphatic carbocycles. The molecule has 0 saturated heterocycles. The number of ether oxygens (including phenoxy) is 3. The monoisotopic (exact) mass is 453 g/mol. The Morgan fingerprint density at radius 1 is 0.906 bits per heavy atom. The van der Waals surface area contributed by atoms with E-state index in [1.54, 1.807) is 21.3 Å². The summed E-state index contributed by atoms with van der Waals surface area (Å²) in [5, 5.41) is 17.8. The van der Waals surface area contributed by atoms with Crippen LogP contribution in [0.4, 0.5) is 0 Å². The van der Waals surface area contributed by atoms with Crippen molar-refractivity contribution >= 4 is 11.8 Å². The number of thioether (sulfide) groups is 1. The highest BCUT2D eigenvalue weighted by Crippen LogP contribution is 2.32. The quantitative estimate of drug-likeness (QED) is 0.343. The fraction of sp³-hybridized carbons (Fsp3) is 0.273. The summed E-state index contributed by atoms with van der Waals surface area (Å²) < 4.78 is 24.0. The molecule has 4 aromatic rings. The van der Waals surface area contributed by atoms with Crippen molar-refractivity contribution < 1.29 is 18.6 Å². The number of methoxy groups -OCH3 is 3. The predicted molar refractivity (Wildman–Crippen MR) is 120 cm³/mol. The molecule has 0 N–H and O–H groups in total. The summed E-state index contributed by atoms with van der Waals surface area (Å²) in [6.45, 7) is 2.74. The molecule has 0 saturated carbocycles. The maximum absolute atomic E-state index is 5.85. The minimum absolute atomic E-state index is 0.416. The second kappa shape index (κ2) is 9.73. The van der Waals surface area contributed by atoms with Crippen LogP contribution in [0.1, 0.15) is 12.8 Å². The summed E-state index contributed by atoms with van der Waals surface area (Å²) >= 11 is 1.48. The molecule has 0 bridgehead atoms. The van der Waals surface area contributed by atoms with E-state index < -0.39 is 0 Å². The van der Waals surface area contributed by atoms with E-state index in [2.05, 4.69) is 20.4 Å². The van der Waals surface area contributed by atoms with Crippen LogP contribution in [0.2, 0.25) is 0 Å². The maximum atomic E-state index is 5.85. The van der Waals surface area contributed by atoms with Gasteiger partial charge < -0.3 is 23.2 Å². The number of hydrogen-bond donors (Lipinski definition) is 0. The molecular weight excluding hydrogens is 430 g/mol. The first kappa shape index (κ1) is 21.7. The SMILES string of the molecule is CCn1c(SCc2nnc(-c3ccccc3OC)o2)nnc1-c1cc(OC)cc(OC)c1. The van der Waals surface area contributed by atoms with Gasteiger partial charge >= 0.3 is 0 Å². The van der Waals surface area contributed by atoms with Crippen LogP contribution in [0.5, 0.6) is 17.2 Å². The van der Waals surface area contributed by atoms with Crippen LogP contribution in [0.25, 0.3) is 22.8 Å². The Kier molecular flexibility index (Phi) is 6.60. The third-order valence-electron chi connectivity index (χ3n) is 4.77. The lowest BCUT2D eigenvalue weighted by Crippen LogP contribution is -2.00. The van der Waals surface area contributed by atoms with Crippen LogP contribution in [0.15, 0.2) is 52.0 Å². The van der Waals surface area contributed by atoms with Crippen LogP contribution < -0.4 is 14.2 Å². The first-order chi connectivity index (χ1) is 15.7. The molecule has 2 aromatic heterocycles. The van der Waals surface area contributed by atoms with Crippen molar-refractivity contribution in [1.82, 2.24) is 25.0 Å². The predicted octanol–water partition coefficient (Wildman–Crippen LogP) is 4.33. The summed E-state index contributed by atoms with van der Waals surface area (Å²) in [6, 6.07) is 13.2. The standard InChI is InChI=1S/C22H23N5O4S/c1-5-27-20(14-10-15(28-2)12-16(11-14)29-3)24-26-22(27)32-13-19-23-25-21(31-19)17-8-6-7-9-18(17)30-4/h6-12H,5,13H2,1-4H3. The van der Waals surface area contributed by atoms with Gasteiger partial charge in [0, 0.05) is 18.2 Å². The highest BCUT2D eigenvalue weighted by molar-refractivity contribution is 7.98. The van der Waals surface area contributed by atoms with E-state index >= 15 is 0 Å². The van der Waals surface area contributed by atoms with Gasteiger partial charge in [-0.2, -0.15) is 0 Å². The van der Waals surface area contributed by atoms with Gasteiger partial charge in [0.15, 0.2) is 11.0 Å². The van der Waals surface area contributed by atoms with Crippen molar-refractivity contribution in [1.29, 1.82) is 0 Å². The first-order valence-electron chi connectivity index (χ1n) is 9.92. The summed E-state index contributed by atoms with van der Waals surface area (Å²) in [6.07, 6.45) is 0. The molecule has 0 spiro atoms. The normalized spacial score (nSPS) is 10.9. The van der Waals surface area contributed by atoms with Crippen molar-refractivity contribution in [3.63, 3.8) is 0 Å². The van der Waals surface area contributed by atoms with Gasteiger partial charge in [0.2, 0.25) is 5.89 Å². The fourth-order valence-corrected chi connectivity index (χ4v) is 4.04. The first-order valence-corrected chi connectivity index (χ1v) is 10.9. The highest BCUT2D eigenvalue weighted by atomic mass is 32.2. The van der Waals surface area contributed by atoms with Gasteiger partial charge in [-0.3, -0.25) is 0 Å². The van der Waals surface area contributed by atoms with Crippen molar-refractivity contribution in [2.75, 3.05) is 21.3 Å². The van der Waals surface area contributed by atoms with Crippen molar-refractivity contribution in [2.45, 2.75) is 24.4 Å². The maximum Gasteiger partial charge on any atom is 0.251 e. The number of nitrogens with zero attached hydrogens (tertiary/aromatic N) is 5. The zero-order valence-corrected chi connectivity index (χ0v) is 19.0. The Morgan fingerprint density at radius 2 is 1.66 bits per heavy atom. The van der Waals surface area contributed by atoms with Crippen LogP contribution in [-0.4, -0.2) is 46.3 Å². The highest BCUT2D eigenvalue weighted by Gasteiger charge is 2.18. The molecule has 166 valence electrons. The molecule has 10 heteroatoms. The molecule has 0 aliphatic heterocycles. The van der Waals surface area contributed by atoms with Gasteiger partial charge in [0.25, 0.3) is 5.89 Å². The summed E-state index contributed by atoms with van der Waals surface area (Å²) in [4.78, 5) is 0. The van der Waals surface area contributed by atoms with Crippen LogP contribution in [-0.2, 0) is 12.3 Å². The smallest absolute Gasteiger partial charge is 0.251 e. The lowest BCUT2D eigenvalue weighted by molar-refractivity contribution is 0.394. The summed E-state index contributed by atoms with van der Waals surface area (Å²) in [5.74, 6) is 4.15. The van der Waals surface area contributed by atoms with Crippen molar-refractivity contribution in [3.05, 3.63) is 48.4 Å². The van der Waals surface area contributed by atoms with Crippen molar-refractivity contribution in [2.24, 2.45) is 0 Å². The minimum atomic E-state index is 0.416. The minimum Gasteiger partial charge on any atom is -0.497 e. The van der Waals surface area contributed by atoms with E-state index in [0.717, 1.165) is 22.1 Å². The molecule has 4 rings (SSSR count). The molecule has 2 heterocycles. The van der Waals surface area contributed by atoms with Crippen molar-refractivity contribution in [3.8, 4) is 40.1 Å². The molecule has 32 heavy (non-hydrogen) atoms. The molecular formula is C22H23N5O4S. The lowest BCUT2D eigenvalue weighted by Gasteiger charge is -2.10. The number of benzene rings is 2. The van der Waals surface area contributed by atoms with Gasteiger partial charge in [0.05, 0.1) is 32.6 Å². The lowest BCUT2D eigenvalue weighted by atomic mass is 10.2. The van der Waals surface area contributed by atoms with Crippen LogP contribution in [0.3, 0.4) is 0 Å². The number of hydrogen-bond acceptors (Lipinski definition) is 9. The van der Waals surface area contributed by atoms with Gasteiger partial charge in [-0.1, -0.05) is 23.9 Å². The molecule has 0 radical (unpaired) electrons. The average Bonchev–Trinajstić information content (AvgIpc) is 3.49. The Bertz CT molecular complexity index is 1180. The Morgan fingerprint density at radius 3 is 2.34 bits per heavy atom. The Balaban J connectivity index is 1.55. The van der Waals surface area contributed by atoms with E-state index in [4.69, 9.17) is 18.6 Å². The number of rotatable bonds is 9. The molecule has 2 aromatic carbocycles. The summed E-state index contributed by atoms with van der Waals surface area (Å²) in [5.41, 5.74) is 1.61. The summed E-state index contributed by atoms with van der Waals surface area (Å²) in [7, 11) is 4.85. The zero-order chi connectivity index (χ0) is 22.5. The molecule has 0 fully saturated rings.